The number of hydrogen-bond acceptors (Lipinski definition) is 4. The van der Waals surface area contributed by atoms with Crippen molar-refractivity contribution in [1.82, 2.24) is 9.88 Å². The van der Waals surface area contributed by atoms with Crippen LogP contribution in [0.4, 0.5) is 9.52 Å². The van der Waals surface area contributed by atoms with Crippen LogP contribution in [0.15, 0.2) is 60.7 Å². The van der Waals surface area contributed by atoms with E-state index in [2.05, 4.69) is 39.5 Å². The molecule has 1 amide bonds. The molecule has 1 aliphatic heterocycles. The molecule has 4 rings (SSSR count). The van der Waals surface area contributed by atoms with Crippen LogP contribution in [0.2, 0.25) is 0 Å². The predicted molar refractivity (Wildman–Crippen MR) is 110 cm³/mol. The summed E-state index contributed by atoms with van der Waals surface area (Å²) >= 11 is 1.53. The van der Waals surface area contributed by atoms with Crippen molar-refractivity contribution in [1.29, 1.82) is 0 Å². The van der Waals surface area contributed by atoms with E-state index in [0.29, 0.717) is 5.13 Å². The summed E-state index contributed by atoms with van der Waals surface area (Å²) in [6.45, 7) is 2.73. The second-order valence-corrected chi connectivity index (χ2v) is 7.79. The van der Waals surface area contributed by atoms with Crippen molar-refractivity contribution in [2.24, 2.45) is 0 Å². The lowest BCUT2D eigenvalue weighted by Gasteiger charge is -2.25. The molecule has 0 fully saturated rings. The van der Waals surface area contributed by atoms with E-state index in [1.165, 1.54) is 40.0 Å². The summed E-state index contributed by atoms with van der Waals surface area (Å²) in [6.07, 6.45) is 3.99. The molecule has 0 radical (unpaired) electrons. The number of anilines is 1. The Bertz CT molecular complexity index is 983. The molecule has 1 aliphatic rings. The van der Waals surface area contributed by atoms with Gasteiger partial charge in [0.15, 0.2) is 5.13 Å². The summed E-state index contributed by atoms with van der Waals surface area (Å²) in [5.41, 5.74) is 3.15. The third kappa shape index (κ3) is 4.71. The number of nitrogens with zero attached hydrogens (tertiary/aromatic N) is 2. The molecule has 0 spiro atoms. The lowest BCUT2D eigenvalue weighted by Crippen LogP contribution is -2.29. The van der Waals surface area contributed by atoms with Gasteiger partial charge in [-0.25, -0.2) is 9.37 Å². The van der Waals surface area contributed by atoms with Gasteiger partial charge in [-0.3, -0.25) is 15.0 Å². The van der Waals surface area contributed by atoms with E-state index in [-0.39, 0.29) is 11.7 Å². The van der Waals surface area contributed by atoms with Crippen LogP contribution in [0, 0.1) is 5.82 Å². The summed E-state index contributed by atoms with van der Waals surface area (Å²) in [6, 6.07) is 16.4. The molecule has 0 saturated heterocycles. The Labute approximate surface area is 167 Å². The minimum Gasteiger partial charge on any atom is -0.298 e. The highest BCUT2D eigenvalue weighted by molar-refractivity contribution is 7.15. The van der Waals surface area contributed by atoms with E-state index < -0.39 is 0 Å². The van der Waals surface area contributed by atoms with Crippen molar-refractivity contribution in [3.63, 3.8) is 0 Å². The van der Waals surface area contributed by atoms with Crippen LogP contribution in [-0.4, -0.2) is 22.3 Å². The fourth-order valence-corrected chi connectivity index (χ4v) is 4.22. The standard InChI is InChI=1S/C22H20FN3OS/c23-18-9-6-16(7-10-18)8-11-21(27)25-22-24-19-12-13-26(15-20(19)28-22)14-17-4-2-1-3-5-17/h1-11H,12-15H2,(H,24,25,27)/b11-8+. The molecule has 0 bridgehead atoms. The van der Waals surface area contributed by atoms with E-state index >= 15 is 0 Å². The number of halogens is 1. The van der Waals surface area contributed by atoms with Gasteiger partial charge in [0.05, 0.1) is 5.69 Å². The van der Waals surface area contributed by atoms with Crippen LogP contribution in [-0.2, 0) is 24.3 Å². The maximum absolute atomic E-state index is 12.9. The van der Waals surface area contributed by atoms with Crippen molar-refractivity contribution in [3.05, 3.63) is 88.2 Å². The predicted octanol–water partition coefficient (Wildman–Crippen LogP) is 4.49. The Kier molecular flexibility index (Phi) is 5.60. The van der Waals surface area contributed by atoms with E-state index in [4.69, 9.17) is 0 Å². The van der Waals surface area contributed by atoms with Crippen LogP contribution < -0.4 is 5.32 Å². The maximum Gasteiger partial charge on any atom is 0.250 e. The van der Waals surface area contributed by atoms with Crippen molar-refractivity contribution in [2.75, 3.05) is 11.9 Å². The van der Waals surface area contributed by atoms with Gasteiger partial charge in [-0.2, -0.15) is 0 Å². The van der Waals surface area contributed by atoms with Gasteiger partial charge >= 0.3 is 0 Å². The van der Waals surface area contributed by atoms with Gasteiger partial charge in [0.2, 0.25) is 5.91 Å². The molecule has 2 heterocycles. The number of nitrogens with one attached hydrogen (secondary N) is 1. The second-order valence-electron chi connectivity index (χ2n) is 6.71. The first-order valence-corrected chi connectivity index (χ1v) is 9.97. The zero-order chi connectivity index (χ0) is 19.3. The van der Waals surface area contributed by atoms with Gasteiger partial charge in [-0.1, -0.05) is 42.5 Å². The third-order valence-electron chi connectivity index (χ3n) is 4.59. The van der Waals surface area contributed by atoms with Gasteiger partial charge < -0.3 is 0 Å². The molecule has 6 heteroatoms. The first-order chi connectivity index (χ1) is 13.7. The molecular weight excluding hydrogens is 373 g/mol. The highest BCUT2D eigenvalue weighted by atomic mass is 32.1. The molecule has 28 heavy (non-hydrogen) atoms. The topological polar surface area (TPSA) is 45.2 Å². The molecule has 142 valence electrons. The summed E-state index contributed by atoms with van der Waals surface area (Å²) in [7, 11) is 0. The molecule has 0 aliphatic carbocycles. The number of rotatable bonds is 5. The molecular formula is C22H20FN3OS. The molecule has 1 aromatic heterocycles. The zero-order valence-electron chi connectivity index (χ0n) is 15.3. The van der Waals surface area contributed by atoms with E-state index in [9.17, 15) is 9.18 Å². The molecule has 3 aromatic rings. The fraction of sp³-hybridized carbons (Fsp3) is 0.182. The number of amides is 1. The maximum atomic E-state index is 12.9. The van der Waals surface area contributed by atoms with Gasteiger partial charge in [-0.05, 0) is 29.3 Å². The van der Waals surface area contributed by atoms with Crippen molar-refractivity contribution in [2.45, 2.75) is 19.5 Å². The molecule has 0 saturated carbocycles. The van der Waals surface area contributed by atoms with Crippen LogP contribution in [0.5, 0.6) is 0 Å². The smallest absolute Gasteiger partial charge is 0.250 e. The van der Waals surface area contributed by atoms with E-state index in [1.807, 2.05) is 6.07 Å². The monoisotopic (exact) mass is 393 g/mol. The Morgan fingerprint density at radius 3 is 2.75 bits per heavy atom. The van der Waals surface area contributed by atoms with Crippen LogP contribution >= 0.6 is 11.3 Å². The fourth-order valence-electron chi connectivity index (χ4n) is 3.17. The average Bonchev–Trinajstić information content (AvgIpc) is 3.10. The number of hydrogen-bond donors (Lipinski definition) is 1. The SMILES string of the molecule is O=C(/C=C/c1ccc(F)cc1)Nc1nc2c(s1)CN(Cc1ccccc1)CC2. The summed E-state index contributed by atoms with van der Waals surface area (Å²) < 4.78 is 12.9. The molecule has 2 aromatic carbocycles. The van der Waals surface area contributed by atoms with Crippen molar-refractivity contribution in [3.8, 4) is 0 Å². The van der Waals surface area contributed by atoms with E-state index in [0.717, 1.165) is 37.3 Å². The molecule has 4 nitrogen and oxygen atoms in total. The number of aromatic nitrogens is 1. The van der Waals surface area contributed by atoms with Gasteiger partial charge in [-0.15, -0.1) is 11.3 Å². The first kappa shape index (κ1) is 18.5. The van der Waals surface area contributed by atoms with Gasteiger partial charge in [0.1, 0.15) is 5.82 Å². The highest BCUT2D eigenvalue weighted by Crippen LogP contribution is 2.29. The third-order valence-corrected chi connectivity index (χ3v) is 5.58. The highest BCUT2D eigenvalue weighted by Gasteiger charge is 2.21. The Balaban J connectivity index is 1.36. The first-order valence-electron chi connectivity index (χ1n) is 9.15. The van der Waals surface area contributed by atoms with Crippen LogP contribution in [0.1, 0.15) is 21.7 Å². The number of carbonyl (C=O) groups excluding carboxylic acids is 1. The quantitative estimate of drug-likeness (QED) is 0.650. The molecule has 0 unspecified atom stereocenters. The van der Waals surface area contributed by atoms with Crippen LogP contribution in [0.3, 0.4) is 0 Å². The van der Waals surface area contributed by atoms with Crippen molar-refractivity contribution < 1.29 is 9.18 Å². The minimum atomic E-state index is -0.295. The zero-order valence-corrected chi connectivity index (χ0v) is 16.1. The summed E-state index contributed by atoms with van der Waals surface area (Å²) in [5, 5.41) is 3.46. The normalized spacial score (nSPS) is 14.2. The lowest BCUT2D eigenvalue weighted by molar-refractivity contribution is -0.111. The van der Waals surface area contributed by atoms with Gasteiger partial charge in [0.25, 0.3) is 0 Å². The van der Waals surface area contributed by atoms with Gasteiger partial charge in [0, 0.05) is 37.0 Å². The molecule has 1 N–H and O–H groups in total. The number of benzene rings is 2. The van der Waals surface area contributed by atoms with Crippen molar-refractivity contribution >= 4 is 28.5 Å². The largest absolute Gasteiger partial charge is 0.298 e. The summed E-state index contributed by atoms with van der Waals surface area (Å²) in [4.78, 5) is 20.3. The summed E-state index contributed by atoms with van der Waals surface area (Å²) in [5.74, 6) is -0.534. The Morgan fingerprint density at radius 2 is 1.96 bits per heavy atom. The Morgan fingerprint density at radius 1 is 1.18 bits per heavy atom. The van der Waals surface area contributed by atoms with E-state index in [1.54, 1.807) is 18.2 Å². The lowest BCUT2D eigenvalue weighted by atomic mass is 10.1. The van der Waals surface area contributed by atoms with Crippen LogP contribution in [0.25, 0.3) is 6.08 Å². The average molecular weight is 393 g/mol. The number of fused-ring (bicyclic) bond motifs is 1. The minimum absolute atomic E-state index is 0.239. The molecule has 0 atom stereocenters. The second kappa shape index (κ2) is 8.46. The number of thiazole rings is 1. The Hall–Kier alpha value is -2.83. The number of carbonyl (C=O) groups is 1.